The first-order chi connectivity index (χ1) is 13.3. The van der Waals surface area contributed by atoms with Crippen LogP contribution in [0.15, 0.2) is 47.1 Å². The smallest absolute Gasteiger partial charge is 0.339 e. The van der Waals surface area contributed by atoms with Crippen molar-refractivity contribution in [2.75, 3.05) is 5.32 Å². The number of halogens is 3. The van der Waals surface area contributed by atoms with E-state index in [-0.39, 0.29) is 22.8 Å². The lowest BCUT2D eigenvalue weighted by atomic mass is 10.0. The van der Waals surface area contributed by atoms with Crippen LogP contribution in [0, 0.1) is 6.92 Å². The van der Waals surface area contributed by atoms with Crippen LogP contribution in [-0.4, -0.2) is 26.2 Å². The van der Waals surface area contributed by atoms with Gasteiger partial charge in [-0.3, -0.25) is 4.79 Å². The number of hydrogen-bond acceptors (Lipinski definition) is 5. The van der Waals surface area contributed by atoms with Gasteiger partial charge in [-0.2, -0.15) is 13.2 Å². The molecule has 1 amide bonds. The lowest BCUT2D eigenvalue weighted by Gasteiger charge is -2.11. The Morgan fingerprint density at radius 3 is 2.64 bits per heavy atom. The summed E-state index contributed by atoms with van der Waals surface area (Å²) in [5, 5.41) is 10.2. The van der Waals surface area contributed by atoms with Gasteiger partial charge in [-0.05, 0) is 36.3 Å². The number of aromatic nitrogens is 4. The average molecular weight is 387 g/mol. The number of nitrogens with one attached hydrogen (secondary N) is 2. The van der Waals surface area contributed by atoms with Crippen molar-refractivity contribution in [2.45, 2.75) is 13.1 Å². The second kappa shape index (κ2) is 6.48. The molecule has 0 fully saturated rings. The summed E-state index contributed by atoms with van der Waals surface area (Å²) < 4.78 is 44.3. The Hall–Kier alpha value is -3.69. The van der Waals surface area contributed by atoms with Gasteiger partial charge in [0.2, 0.25) is 0 Å². The van der Waals surface area contributed by atoms with Crippen LogP contribution in [0.1, 0.15) is 21.7 Å². The maximum atomic E-state index is 13.3. The number of benzene rings is 1. The number of rotatable bonds is 3. The fourth-order valence-corrected chi connectivity index (χ4v) is 2.80. The van der Waals surface area contributed by atoms with Crippen molar-refractivity contribution in [3.63, 3.8) is 0 Å². The van der Waals surface area contributed by atoms with E-state index in [1.807, 2.05) is 0 Å². The third kappa shape index (κ3) is 3.20. The van der Waals surface area contributed by atoms with Gasteiger partial charge in [0.15, 0.2) is 5.69 Å². The van der Waals surface area contributed by atoms with Crippen LogP contribution < -0.4 is 5.32 Å². The molecule has 0 aliphatic carbocycles. The first-order valence-corrected chi connectivity index (χ1v) is 8.10. The van der Waals surface area contributed by atoms with E-state index in [4.69, 9.17) is 0 Å². The highest BCUT2D eigenvalue weighted by atomic mass is 19.4. The monoisotopic (exact) mass is 387 g/mol. The lowest BCUT2D eigenvalue weighted by molar-refractivity contribution is -0.137. The van der Waals surface area contributed by atoms with Gasteiger partial charge in [0.05, 0.1) is 5.56 Å². The number of aryl methyl sites for hydroxylation is 1. The van der Waals surface area contributed by atoms with E-state index < -0.39 is 17.6 Å². The van der Waals surface area contributed by atoms with Crippen molar-refractivity contribution in [1.29, 1.82) is 0 Å². The van der Waals surface area contributed by atoms with Gasteiger partial charge in [-0.1, -0.05) is 23.4 Å². The Kier molecular flexibility index (Phi) is 4.10. The minimum atomic E-state index is -4.48. The molecule has 7 nitrogen and oxygen atoms in total. The summed E-state index contributed by atoms with van der Waals surface area (Å²) in [5.41, 5.74) is 0.222. The Balaban J connectivity index is 1.68. The molecule has 3 heterocycles. The average Bonchev–Trinajstić information content (AvgIpc) is 3.26. The predicted octanol–water partition coefficient (Wildman–Crippen LogP) is 4.19. The van der Waals surface area contributed by atoms with E-state index in [1.165, 1.54) is 24.3 Å². The van der Waals surface area contributed by atoms with Crippen molar-refractivity contribution >= 4 is 22.8 Å². The predicted molar refractivity (Wildman–Crippen MR) is 93.5 cm³/mol. The standard InChI is InChI=1S/C18H12F3N5O2/c1-9-15(26-28-25-9)17(27)24-14-7-6-10-8-13(22-16(10)23-14)11-4-2-3-5-12(11)18(19,20)21/h2-8H,1H3,(H2,22,23,24,27). The second-order valence-corrected chi connectivity index (χ2v) is 6.01. The molecule has 0 bridgehead atoms. The highest BCUT2D eigenvalue weighted by molar-refractivity contribution is 6.03. The van der Waals surface area contributed by atoms with E-state index in [2.05, 4.69) is 30.2 Å². The molecular weight excluding hydrogens is 375 g/mol. The molecule has 3 aromatic heterocycles. The lowest BCUT2D eigenvalue weighted by Crippen LogP contribution is -2.14. The largest absolute Gasteiger partial charge is 0.417 e. The summed E-state index contributed by atoms with van der Waals surface area (Å²) in [6.07, 6.45) is -4.48. The zero-order valence-corrected chi connectivity index (χ0v) is 14.3. The highest BCUT2D eigenvalue weighted by Gasteiger charge is 2.33. The first-order valence-electron chi connectivity index (χ1n) is 8.10. The summed E-state index contributed by atoms with van der Waals surface area (Å²) in [6.45, 7) is 1.57. The Morgan fingerprint density at radius 2 is 1.93 bits per heavy atom. The fourth-order valence-electron chi connectivity index (χ4n) is 2.80. The van der Waals surface area contributed by atoms with Crippen LogP contribution in [0.4, 0.5) is 19.0 Å². The number of alkyl halides is 3. The zero-order chi connectivity index (χ0) is 19.9. The van der Waals surface area contributed by atoms with E-state index >= 15 is 0 Å². The van der Waals surface area contributed by atoms with Gasteiger partial charge in [0.25, 0.3) is 5.91 Å². The van der Waals surface area contributed by atoms with Crippen molar-refractivity contribution in [1.82, 2.24) is 20.3 Å². The molecule has 0 spiro atoms. The zero-order valence-electron chi connectivity index (χ0n) is 14.3. The van der Waals surface area contributed by atoms with Gasteiger partial charge < -0.3 is 10.3 Å². The molecule has 0 aliphatic rings. The summed E-state index contributed by atoms with van der Waals surface area (Å²) in [4.78, 5) is 19.3. The Morgan fingerprint density at radius 1 is 1.14 bits per heavy atom. The molecule has 10 heteroatoms. The molecule has 0 aliphatic heterocycles. The summed E-state index contributed by atoms with van der Waals surface area (Å²) in [5.74, 6) is -0.350. The third-order valence-electron chi connectivity index (χ3n) is 4.11. The third-order valence-corrected chi connectivity index (χ3v) is 4.11. The van der Waals surface area contributed by atoms with Crippen LogP contribution in [-0.2, 0) is 6.18 Å². The van der Waals surface area contributed by atoms with Crippen molar-refractivity contribution in [3.8, 4) is 11.3 Å². The highest BCUT2D eigenvalue weighted by Crippen LogP contribution is 2.37. The molecule has 0 unspecified atom stereocenters. The van der Waals surface area contributed by atoms with Gasteiger partial charge in [0, 0.05) is 16.6 Å². The number of aromatic amines is 1. The number of fused-ring (bicyclic) bond motifs is 1. The Labute approximate surface area is 155 Å². The van der Waals surface area contributed by atoms with Crippen LogP contribution >= 0.6 is 0 Å². The van der Waals surface area contributed by atoms with Crippen LogP contribution in [0.3, 0.4) is 0 Å². The fraction of sp³-hybridized carbons (Fsp3) is 0.111. The number of carbonyl (C=O) groups is 1. The van der Waals surface area contributed by atoms with Crippen LogP contribution in [0.2, 0.25) is 0 Å². The normalized spacial score (nSPS) is 11.7. The molecule has 2 N–H and O–H groups in total. The molecule has 142 valence electrons. The van der Waals surface area contributed by atoms with Crippen LogP contribution in [0.5, 0.6) is 0 Å². The van der Waals surface area contributed by atoms with E-state index in [0.717, 1.165) is 6.07 Å². The number of nitrogens with zero attached hydrogens (tertiary/aromatic N) is 3. The summed E-state index contributed by atoms with van der Waals surface area (Å²) >= 11 is 0. The molecule has 1 aromatic carbocycles. The molecule has 4 aromatic rings. The minimum absolute atomic E-state index is 0.0166. The number of anilines is 1. The molecule has 0 atom stereocenters. The molecule has 0 saturated carbocycles. The Bertz CT molecular complexity index is 1180. The van der Waals surface area contributed by atoms with Crippen molar-refractivity contribution in [2.24, 2.45) is 0 Å². The maximum Gasteiger partial charge on any atom is 0.417 e. The number of amides is 1. The number of hydrogen-bond donors (Lipinski definition) is 2. The quantitative estimate of drug-likeness (QED) is 0.549. The van der Waals surface area contributed by atoms with Crippen LogP contribution in [0.25, 0.3) is 22.3 Å². The number of H-pyrrole nitrogens is 1. The van der Waals surface area contributed by atoms with Gasteiger partial charge >= 0.3 is 6.18 Å². The molecule has 0 radical (unpaired) electrons. The van der Waals surface area contributed by atoms with E-state index in [1.54, 1.807) is 19.1 Å². The summed E-state index contributed by atoms with van der Waals surface area (Å²) in [7, 11) is 0. The minimum Gasteiger partial charge on any atom is -0.339 e. The second-order valence-electron chi connectivity index (χ2n) is 6.01. The van der Waals surface area contributed by atoms with Gasteiger partial charge in [0.1, 0.15) is 17.2 Å². The molecule has 4 rings (SSSR count). The van der Waals surface area contributed by atoms with Crippen molar-refractivity contribution in [3.05, 3.63) is 59.4 Å². The number of carbonyl (C=O) groups excluding carboxylic acids is 1. The molecular formula is C18H12F3N5O2. The molecule has 0 saturated heterocycles. The molecule has 28 heavy (non-hydrogen) atoms. The van der Waals surface area contributed by atoms with E-state index in [0.29, 0.717) is 16.7 Å². The van der Waals surface area contributed by atoms with E-state index in [9.17, 15) is 18.0 Å². The summed E-state index contributed by atoms with van der Waals surface area (Å²) in [6, 6.07) is 10.0. The SMILES string of the molecule is Cc1nonc1C(=O)Nc1ccc2cc(-c3ccccc3C(F)(F)F)[nH]c2n1. The topological polar surface area (TPSA) is 96.7 Å². The van der Waals surface area contributed by atoms with Gasteiger partial charge in [-0.15, -0.1) is 0 Å². The van der Waals surface area contributed by atoms with Gasteiger partial charge in [-0.25, -0.2) is 9.61 Å². The number of pyridine rings is 1. The van der Waals surface area contributed by atoms with Crippen molar-refractivity contribution < 1.29 is 22.6 Å². The maximum absolute atomic E-state index is 13.3. The first kappa shape index (κ1) is 17.7.